The number of halogens is 2. The molecule has 0 saturated heterocycles. The van der Waals surface area contributed by atoms with Crippen molar-refractivity contribution in [3.05, 3.63) is 52.9 Å². The predicted octanol–water partition coefficient (Wildman–Crippen LogP) is 5.31. The molecule has 0 saturated carbocycles. The van der Waals surface area contributed by atoms with Crippen LogP contribution in [0.4, 0.5) is 21.5 Å². The molecular weight excluding hydrogens is 357 g/mol. The van der Waals surface area contributed by atoms with E-state index in [-0.39, 0.29) is 5.02 Å². The number of rotatable bonds is 6. The number of anilines is 3. The van der Waals surface area contributed by atoms with Gasteiger partial charge in [-0.25, -0.2) is 9.18 Å². The summed E-state index contributed by atoms with van der Waals surface area (Å²) in [6.07, 6.45) is 0. The number of benzene rings is 2. The lowest BCUT2D eigenvalue weighted by atomic mass is 10.1. The Bertz CT molecular complexity index is 955. The van der Waals surface area contributed by atoms with Gasteiger partial charge in [0.2, 0.25) is 0 Å². The van der Waals surface area contributed by atoms with Crippen molar-refractivity contribution in [1.82, 2.24) is 4.98 Å². The molecule has 0 aliphatic heterocycles. The second-order valence-electron chi connectivity index (χ2n) is 5.67. The van der Waals surface area contributed by atoms with Crippen molar-refractivity contribution in [1.29, 1.82) is 0 Å². The molecule has 3 rings (SSSR count). The molecule has 0 radical (unpaired) electrons. The normalized spacial score (nSPS) is 10.8. The maximum Gasteiger partial charge on any atom is 0.354 e. The summed E-state index contributed by atoms with van der Waals surface area (Å²) in [6, 6.07) is 10.00. The molecule has 0 aliphatic carbocycles. The van der Waals surface area contributed by atoms with Gasteiger partial charge < -0.3 is 20.4 Å². The quantitative estimate of drug-likeness (QED) is 0.510. The van der Waals surface area contributed by atoms with Gasteiger partial charge in [0, 0.05) is 29.0 Å². The maximum absolute atomic E-state index is 13.4. The number of aromatic amines is 1. The zero-order valence-corrected chi connectivity index (χ0v) is 15.2. The summed E-state index contributed by atoms with van der Waals surface area (Å²) in [5, 5.41) is 7.33. The molecule has 0 fully saturated rings. The van der Waals surface area contributed by atoms with Gasteiger partial charge in [-0.05, 0) is 50.2 Å². The number of H-pyrrole nitrogens is 1. The van der Waals surface area contributed by atoms with Gasteiger partial charge in [0.05, 0.1) is 17.1 Å². The van der Waals surface area contributed by atoms with Gasteiger partial charge in [-0.1, -0.05) is 11.6 Å². The number of hydrogen-bond acceptors (Lipinski definition) is 4. The second kappa shape index (κ2) is 7.66. The van der Waals surface area contributed by atoms with Crippen LogP contribution in [0.5, 0.6) is 0 Å². The lowest BCUT2D eigenvalue weighted by molar-refractivity contribution is 0.0520. The van der Waals surface area contributed by atoms with Crippen LogP contribution in [-0.2, 0) is 4.74 Å². The Kier molecular flexibility index (Phi) is 5.32. The largest absolute Gasteiger partial charge is 0.461 e. The number of ether oxygens (including phenoxy) is 1. The minimum Gasteiger partial charge on any atom is -0.461 e. The molecule has 2 aromatic carbocycles. The van der Waals surface area contributed by atoms with E-state index in [4.69, 9.17) is 16.3 Å². The van der Waals surface area contributed by atoms with Crippen LogP contribution in [0, 0.1) is 5.82 Å². The first-order chi connectivity index (χ1) is 12.5. The van der Waals surface area contributed by atoms with Gasteiger partial charge >= 0.3 is 5.97 Å². The number of fused-ring (bicyclic) bond motifs is 1. The fourth-order valence-electron chi connectivity index (χ4n) is 2.70. The van der Waals surface area contributed by atoms with Gasteiger partial charge in [-0.3, -0.25) is 0 Å². The molecule has 3 aromatic rings. The lowest BCUT2D eigenvalue weighted by Gasteiger charge is -2.12. The summed E-state index contributed by atoms with van der Waals surface area (Å²) in [4.78, 5) is 15.1. The first-order valence-corrected chi connectivity index (χ1v) is 8.69. The highest BCUT2D eigenvalue weighted by molar-refractivity contribution is 6.31. The topological polar surface area (TPSA) is 66.2 Å². The summed E-state index contributed by atoms with van der Waals surface area (Å²) >= 11 is 5.87. The van der Waals surface area contributed by atoms with E-state index in [9.17, 15) is 9.18 Å². The maximum atomic E-state index is 13.4. The van der Waals surface area contributed by atoms with Gasteiger partial charge in [0.25, 0.3) is 0 Å². The minimum absolute atomic E-state index is 0.0374. The van der Waals surface area contributed by atoms with Crippen LogP contribution in [0.1, 0.15) is 24.3 Å². The number of hydrogen-bond donors (Lipinski definition) is 3. The summed E-state index contributed by atoms with van der Waals surface area (Å²) in [7, 11) is 0. The molecule has 1 heterocycles. The van der Waals surface area contributed by atoms with E-state index in [1.807, 2.05) is 19.1 Å². The van der Waals surface area contributed by atoms with Crippen LogP contribution < -0.4 is 10.6 Å². The summed E-state index contributed by atoms with van der Waals surface area (Å²) in [5.74, 6) is -0.889. The lowest BCUT2D eigenvalue weighted by Crippen LogP contribution is -2.04. The SMILES string of the molecule is CCNc1cc(Nc2ccc(F)c(Cl)c2)c2cc(C(=O)OCC)[nH]c2c1. The van der Waals surface area contributed by atoms with Gasteiger partial charge in [-0.2, -0.15) is 0 Å². The van der Waals surface area contributed by atoms with Crippen molar-refractivity contribution < 1.29 is 13.9 Å². The average Bonchev–Trinajstić information content (AvgIpc) is 3.03. The summed E-state index contributed by atoms with van der Waals surface area (Å²) in [5.41, 5.74) is 3.43. The van der Waals surface area contributed by atoms with Gasteiger partial charge in [-0.15, -0.1) is 0 Å². The van der Waals surface area contributed by atoms with Crippen molar-refractivity contribution in [3.63, 3.8) is 0 Å². The van der Waals surface area contributed by atoms with E-state index >= 15 is 0 Å². The number of aromatic nitrogens is 1. The number of carbonyl (C=O) groups is 1. The molecule has 0 unspecified atom stereocenters. The molecule has 0 amide bonds. The van der Waals surface area contributed by atoms with Crippen molar-refractivity contribution in [2.45, 2.75) is 13.8 Å². The van der Waals surface area contributed by atoms with Crippen LogP contribution >= 0.6 is 11.6 Å². The Balaban J connectivity index is 2.05. The van der Waals surface area contributed by atoms with Crippen LogP contribution in [0.2, 0.25) is 5.02 Å². The molecule has 3 N–H and O–H groups in total. The Morgan fingerprint density at radius 2 is 2.00 bits per heavy atom. The highest BCUT2D eigenvalue weighted by Gasteiger charge is 2.14. The van der Waals surface area contributed by atoms with Crippen LogP contribution in [0.25, 0.3) is 10.9 Å². The van der Waals surface area contributed by atoms with E-state index in [0.29, 0.717) is 18.0 Å². The highest BCUT2D eigenvalue weighted by Crippen LogP contribution is 2.32. The zero-order valence-electron chi connectivity index (χ0n) is 14.5. The molecule has 0 spiro atoms. The molecule has 0 atom stereocenters. The molecule has 26 heavy (non-hydrogen) atoms. The van der Waals surface area contributed by atoms with Crippen molar-refractivity contribution in [3.8, 4) is 0 Å². The Hall–Kier alpha value is -2.73. The van der Waals surface area contributed by atoms with E-state index in [1.165, 1.54) is 12.1 Å². The third-order valence-corrected chi connectivity index (χ3v) is 4.10. The number of nitrogens with one attached hydrogen (secondary N) is 3. The Morgan fingerprint density at radius 3 is 2.69 bits per heavy atom. The van der Waals surface area contributed by atoms with Gasteiger partial charge in [0.15, 0.2) is 0 Å². The van der Waals surface area contributed by atoms with Gasteiger partial charge in [0.1, 0.15) is 11.5 Å². The summed E-state index contributed by atoms with van der Waals surface area (Å²) < 4.78 is 18.5. The first kappa shape index (κ1) is 18.1. The molecule has 136 valence electrons. The average molecular weight is 376 g/mol. The van der Waals surface area contributed by atoms with Crippen molar-refractivity contribution in [2.24, 2.45) is 0 Å². The third-order valence-electron chi connectivity index (χ3n) is 3.81. The molecule has 0 bridgehead atoms. The zero-order chi connectivity index (χ0) is 18.7. The second-order valence-corrected chi connectivity index (χ2v) is 6.08. The van der Waals surface area contributed by atoms with Crippen LogP contribution in [0.15, 0.2) is 36.4 Å². The van der Waals surface area contributed by atoms with Crippen molar-refractivity contribution >= 4 is 45.5 Å². The first-order valence-electron chi connectivity index (χ1n) is 8.31. The van der Waals surface area contributed by atoms with Crippen molar-refractivity contribution in [2.75, 3.05) is 23.8 Å². The monoisotopic (exact) mass is 375 g/mol. The van der Waals surface area contributed by atoms with E-state index < -0.39 is 11.8 Å². The number of esters is 1. The molecule has 1 aromatic heterocycles. The molecule has 7 heteroatoms. The fraction of sp³-hybridized carbons (Fsp3) is 0.211. The highest BCUT2D eigenvalue weighted by atomic mass is 35.5. The van der Waals surface area contributed by atoms with Crippen LogP contribution in [0.3, 0.4) is 0 Å². The Morgan fingerprint density at radius 1 is 1.19 bits per heavy atom. The van der Waals surface area contributed by atoms with Crippen LogP contribution in [-0.4, -0.2) is 24.1 Å². The molecular formula is C19H19ClFN3O2. The minimum atomic E-state index is -0.477. The fourth-order valence-corrected chi connectivity index (χ4v) is 2.88. The third kappa shape index (κ3) is 3.75. The van der Waals surface area contributed by atoms with E-state index in [2.05, 4.69) is 15.6 Å². The smallest absolute Gasteiger partial charge is 0.354 e. The number of carbonyl (C=O) groups excluding carboxylic acids is 1. The molecule has 5 nitrogen and oxygen atoms in total. The summed E-state index contributed by atoms with van der Waals surface area (Å²) in [6.45, 7) is 4.81. The van der Waals surface area contributed by atoms with E-state index in [0.717, 1.165) is 28.8 Å². The predicted molar refractivity (Wildman–Crippen MR) is 103 cm³/mol. The Labute approximate surface area is 155 Å². The molecule has 0 aliphatic rings. The van der Waals surface area contributed by atoms with E-state index in [1.54, 1.807) is 19.1 Å². The standard InChI is InChI=1S/C19H19ClFN3O2/c1-3-22-12-8-16(23-11-5-6-15(21)14(20)7-11)13-10-18(19(25)26-4-2)24-17(13)9-12/h5-10,22-24H,3-4H2,1-2H3.